The van der Waals surface area contributed by atoms with Crippen LogP contribution in [0.5, 0.6) is 0 Å². The largest absolute Gasteiger partial charge is 0.368 e. The lowest BCUT2D eigenvalue weighted by Gasteiger charge is -2.36. The molecule has 0 spiro atoms. The number of piperazine rings is 1. The Bertz CT molecular complexity index is 1060. The third-order valence-electron chi connectivity index (χ3n) is 5.13. The lowest BCUT2D eigenvalue weighted by Crippen LogP contribution is -2.47. The zero-order valence-corrected chi connectivity index (χ0v) is 17.3. The number of halogens is 2. The molecule has 1 N–H and O–H groups in total. The van der Waals surface area contributed by atoms with Crippen LogP contribution in [0.4, 0.5) is 27.4 Å². The molecule has 1 aliphatic heterocycles. The molecule has 0 radical (unpaired) electrons. The minimum Gasteiger partial charge on any atom is -0.368 e. The molecule has 0 bridgehead atoms. The highest BCUT2D eigenvalue weighted by atomic mass is 35.5. The van der Waals surface area contributed by atoms with E-state index in [-0.39, 0.29) is 23.1 Å². The van der Waals surface area contributed by atoms with E-state index in [2.05, 4.69) is 20.2 Å². The summed E-state index contributed by atoms with van der Waals surface area (Å²) in [5.74, 6) is 0.181. The van der Waals surface area contributed by atoms with Gasteiger partial charge in [-0.1, -0.05) is 23.7 Å². The van der Waals surface area contributed by atoms with Gasteiger partial charge in [0.15, 0.2) is 0 Å². The topological polar surface area (TPSA) is 87.4 Å². The second-order valence-corrected chi connectivity index (χ2v) is 7.52. The Morgan fingerprint density at radius 2 is 1.65 bits per heavy atom. The molecular weight excluding hydrogens is 423 g/mol. The Kier molecular flexibility index (Phi) is 6.13. The summed E-state index contributed by atoms with van der Waals surface area (Å²) in [6.07, 6.45) is 1.33. The van der Waals surface area contributed by atoms with E-state index >= 15 is 0 Å². The zero-order chi connectivity index (χ0) is 21.8. The fourth-order valence-corrected chi connectivity index (χ4v) is 3.64. The van der Waals surface area contributed by atoms with Crippen molar-refractivity contribution >= 4 is 34.6 Å². The van der Waals surface area contributed by atoms with Crippen LogP contribution in [0.25, 0.3) is 0 Å². The number of anilines is 3. The smallest absolute Gasteiger partial charge is 0.353 e. The van der Waals surface area contributed by atoms with E-state index in [1.54, 1.807) is 24.3 Å². The predicted molar refractivity (Wildman–Crippen MR) is 118 cm³/mol. The quantitative estimate of drug-likeness (QED) is 0.454. The molecule has 0 atom stereocenters. The minimum atomic E-state index is -0.453. The van der Waals surface area contributed by atoms with Crippen LogP contribution in [0.1, 0.15) is 5.56 Å². The van der Waals surface area contributed by atoms with Gasteiger partial charge < -0.3 is 15.1 Å². The molecule has 2 aromatic carbocycles. The predicted octanol–water partition coefficient (Wildman–Crippen LogP) is 4.12. The highest BCUT2D eigenvalue weighted by Crippen LogP contribution is 2.33. The highest BCUT2D eigenvalue weighted by Gasteiger charge is 2.29. The third kappa shape index (κ3) is 4.83. The molecule has 2 heterocycles. The molecule has 1 aliphatic rings. The lowest BCUT2D eigenvalue weighted by molar-refractivity contribution is -0.383. The number of hydrogen-bond acceptors (Lipinski definition) is 7. The molecule has 31 heavy (non-hydrogen) atoms. The Morgan fingerprint density at radius 3 is 2.29 bits per heavy atom. The van der Waals surface area contributed by atoms with Gasteiger partial charge in [0, 0.05) is 43.4 Å². The van der Waals surface area contributed by atoms with Crippen molar-refractivity contribution in [3.8, 4) is 0 Å². The van der Waals surface area contributed by atoms with Gasteiger partial charge in [-0.15, -0.1) is 0 Å². The molecule has 0 amide bonds. The van der Waals surface area contributed by atoms with Gasteiger partial charge in [-0.3, -0.25) is 10.1 Å². The van der Waals surface area contributed by atoms with Crippen LogP contribution in [0, 0.1) is 15.9 Å². The Balaban J connectivity index is 1.49. The summed E-state index contributed by atoms with van der Waals surface area (Å²) < 4.78 is 13.2. The van der Waals surface area contributed by atoms with E-state index in [4.69, 9.17) is 11.6 Å². The first-order valence-corrected chi connectivity index (χ1v) is 10.1. The Hall–Kier alpha value is -3.46. The van der Waals surface area contributed by atoms with Crippen molar-refractivity contribution in [2.75, 3.05) is 41.3 Å². The zero-order valence-electron chi connectivity index (χ0n) is 16.5. The number of hydrogen-bond donors (Lipinski definition) is 1. The number of benzene rings is 2. The first-order valence-electron chi connectivity index (χ1n) is 9.74. The van der Waals surface area contributed by atoms with Crippen LogP contribution in [0.15, 0.2) is 54.9 Å². The van der Waals surface area contributed by atoms with Crippen LogP contribution in [0.2, 0.25) is 5.02 Å². The number of rotatable bonds is 6. The standard InChI is InChI=1S/C21H20ClFN6O2/c22-16-3-1-15(2-4-16)13-24-20-19(29(30)31)21(26-14-25-20)28-11-9-27(10-12-28)18-7-5-17(23)6-8-18/h1-8,14H,9-13H2,(H,24,25,26). The van der Waals surface area contributed by atoms with Gasteiger partial charge in [-0.05, 0) is 42.0 Å². The van der Waals surface area contributed by atoms with E-state index in [1.807, 2.05) is 17.0 Å². The van der Waals surface area contributed by atoms with Crippen LogP contribution in [-0.4, -0.2) is 41.1 Å². The molecule has 0 aliphatic carbocycles. The molecule has 1 saturated heterocycles. The average molecular weight is 443 g/mol. The maximum absolute atomic E-state index is 13.2. The Labute approximate surface area is 183 Å². The summed E-state index contributed by atoms with van der Waals surface area (Å²) in [5, 5.41) is 15.5. The van der Waals surface area contributed by atoms with Gasteiger partial charge in [-0.2, -0.15) is 0 Å². The Morgan fingerprint density at radius 1 is 1.00 bits per heavy atom. The van der Waals surface area contributed by atoms with Crippen molar-refractivity contribution in [1.82, 2.24) is 9.97 Å². The van der Waals surface area contributed by atoms with Crippen molar-refractivity contribution < 1.29 is 9.31 Å². The first-order chi connectivity index (χ1) is 15.0. The van der Waals surface area contributed by atoms with Gasteiger partial charge >= 0.3 is 5.69 Å². The van der Waals surface area contributed by atoms with E-state index in [9.17, 15) is 14.5 Å². The van der Waals surface area contributed by atoms with E-state index in [0.717, 1.165) is 11.3 Å². The van der Waals surface area contributed by atoms with Crippen molar-refractivity contribution in [2.24, 2.45) is 0 Å². The van der Waals surface area contributed by atoms with Crippen LogP contribution >= 0.6 is 11.6 Å². The average Bonchev–Trinajstić information content (AvgIpc) is 2.79. The fourth-order valence-electron chi connectivity index (χ4n) is 3.51. The highest BCUT2D eigenvalue weighted by molar-refractivity contribution is 6.30. The molecular formula is C21H20ClFN6O2. The first kappa shape index (κ1) is 20.8. The van der Waals surface area contributed by atoms with Crippen LogP contribution < -0.4 is 15.1 Å². The SMILES string of the molecule is O=[N+]([O-])c1c(NCc2ccc(Cl)cc2)ncnc1N1CCN(c2ccc(F)cc2)CC1. The summed E-state index contributed by atoms with van der Waals surface area (Å²) in [5.41, 5.74) is 1.70. The maximum atomic E-state index is 13.2. The minimum absolute atomic E-state index is 0.147. The maximum Gasteiger partial charge on any atom is 0.353 e. The second-order valence-electron chi connectivity index (χ2n) is 7.08. The van der Waals surface area contributed by atoms with E-state index in [1.165, 1.54) is 18.5 Å². The van der Waals surface area contributed by atoms with Gasteiger partial charge in [-0.25, -0.2) is 14.4 Å². The van der Waals surface area contributed by atoms with E-state index in [0.29, 0.717) is 37.7 Å². The molecule has 0 saturated carbocycles. The summed E-state index contributed by atoms with van der Waals surface area (Å²) in [4.78, 5) is 23.7. The van der Waals surface area contributed by atoms with Crippen molar-refractivity contribution in [3.05, 3.63) is 81.4 Å². The molecule has 1 aromatic heterocycles. The summed E-state index contributed by atoms with van der Waals surface area (Å²) in [7, 11) is 0. The number of nitrogens with one attached hydrogen (secondary N) is 1. The fraction of sp³-hybridized carbons (Fsp3) is 0.238. The molecule has 1 fully saturated rings. The van der Waals surface area contributed by atoms with E-state index < -0.39 is 4.92 Å². The van der Waals surface area contributed by atoms with Gasteiger partial charge in [0.25, 0.3) is 0 Å². The lowest BCUT2D eigenvalue weighted by atomic mass is 10.2. The van der Waals surface area contributed by atoms with Crippen molar-refractivity contribution in [1.29, 1.82) is 0 Å². The molecule has 160 valence electrons. The number of aromatic nitrogens is 2. The number of nitrogens with zero attached hydrogens (tertiary/aromatic N) is 5. The summed E-state index contributed by atoms with van der Waals surface area (Å²) in [6, 6.07) is 13.5. The van der Waals surface area contributed by atoms with Gasteiger partial charge in [0.2, 0.25) is 11.6 Å². The molecule has 0 unspecified atom stereocenters. The van der Waals surface area contributed by atoms with Gasteiger partial charge in [0.1, 0.15) is 12.1 Å². The normalized spacial score (nSPS) is 13.9. The number of nitro groups is 1. The van der Waals surface area contributed by atoms with Crippen molar-refractivity contribution in [2.45, 2.75) is 6.54 Å². The summed E-state index contributed by atoms with van der Waals surface area (Å²) in [6.45, 7) is 2.74. The second kappa shape index (κ2) is 9.13. The molecule has 10 heteroatoms. The molecule has 4 rings (SSSR count). The summed E-state index contributed by atoms with van der Waals surface area (Å²) >= 11 is 5.90. The van der Waals surface area contributed by atoms with Crippen LogP contribution in [0.3, 0.4) is 0 Å². The third-order valence-corrected chi connectivity index (χ3v) is 5.38. The monoisotopic (exact) mass is 442 g/mol. The van der Waals surface area contributed by atoms with Crippen molar-refractivity contribution in [3.63, 3.8) is 0 Å². The van der Waals surface area contributed by atoms with Gasteiger partial charge in [0.05, 0.1) is 4.92 Å². The van der Waals surface area contributed by atoms with Crippen LogP contribution in [-0.2, 0) is 6.54 Å². The molecule has 3 aromatic rings. The molecule has 8 nitrogen and oxygen atoms in total.